The maximum Gasteiger partial charge on any atom is 0.254 e. The van der Waals surface area contributed by atoms with E-state index in [4.69, 9.17) is 14.2 Å². The molecule has 6 rings (SSSR count). The molecule has 0 spiro atoms. The molecular weight excluding hydrogens is 606 g/mol. The molecule has 0 unspecified atom stereocenters. The van der Waals surface area contributed by atoms with Gasteiger partial charge in [-0.3, -0.25) is 19.3 Å². The van der Waals surface area contributed by atoms with Crippen LogP contribution in [0.5, 0.6) is 5.75 Å². The summed E-state index contributed by atoms with van der Waals surface area (Å²) in [6.45, 7) is 1.11. The molecule has 4 saturated heterocycles. The Balaban J connectivity index is 1.28. The number of likely N-dealkylation sites (tertiary alicyclic amines) is 1. The first kappa shape index (κ1) is 32.3. The van der Waals surface area contributed by atoms with E-state index in [1.807, 2.05) is 4.90 Å². The lowest BCUT2D eigenvalue weighted by atomic mass is 10.0. The molecule has 46 heavy (non-hydrogen) atoms. The maximum atomic E-state index is 14.0. The first-order chi connectivity index (χ1) is 22.1. The molecule has 4 aliphatic heterocycles. The summed E-state index contributed by atoms with van der Waals surface area (Å²) in [5, 5.41) is 24.6. The Morgan fingerprint density at radius 3 is 2.50 bits per heavy atom. The molecule has 0 aliphatic carbocycles. The molecule has 0 saturated carbocycles. The Bertz CT molecular complexity index is 1450. The van der Waals surface area contributed by atoms with Gasteiger partial charge in [-0.15, -0.1) is 0 Å². The van der Waals surface area contributed by atoms with Gasteiger partial charge >= 0.3 is 0 Å². The molecule has 4 fully saturated rings. The van der Waals surface area contributed by atoms with Crippen LogP contribution in [0.3, 0.4) is 0 Å². The first-order valence-corrected chi connectivity index (χ1v) is 15.4. The van der Waals surface area contributed by atoms with Crippen molar-refractivity contribution in [2.75, 3.05) is 46.4 Å². The second-order valence-electron chi connectivity index (χ2n) is 12.3. The van der Waals surface area contributed by atoms with Crippen molar-refractivity contribution in [3.8, 4) is 5.75 Å². The van der Waals surface area contributed by atoms with Crippen LogP contribution in [0.2, 0.25) is 0 Å². The fourth-order valence-electron chi connectivity index (χ4n) is 6.79. The Morgan fingerprint density at radius 1 is 1.00 bits per heavy atom. The van der Waals surface area contributed by atoms with E-state index >= 15 is 0 Å². The fraction of sp³-hybridized carbons (Fsp3) is 0.531. The Kier molecular flexibility index (Phi) is 9.52. The van der Waals surface area contributed by atoms with Crippen molar-refractivity contribution in [1.82, 2.24) is 20.0 Å². The number of hydrogen-bond donors (Lipinski definition) is 3. The van der Waals surface area contributed by atoms with Crippen LogP contribution in [0.4, 0.5) is 8.78 Å². The van der Waals surface area contributed by atoms with Gasteiger partial charge in [0.25, 0.3) is 5.91 Å². The van der Waals surface area contributed by atoms with Gasteiger partial charge < -0.3 is 39.5 Å². The van der Waals surface area contributed by atoms with Crippen LogP contribution in [-0.4, -0.2) is 132 Å². The molecule has 0 radical (unpaired) electrons. The number of hydrogen-bond acceptors (Lipinski definition) is 9. The zero-order valence-corrected chi connectivity index (χ0v) is 25.4. The number of amides is 3. The summed E-state index contributed by atoms with van der Waals surface area (Å²) in [6.07, 6.45) is -5.27. The van der Waals surface area contributed by atoms with Gasteiger partial charge in [-0.2, -0.15) is 0 Å². The minimum Gasteiger partial charge on any atom is -0.497 e. The van der Waals surface area contributed by atoms with E-state index in [1.54, 1.807) is 29.2 Å². The molecule has 0 aromatic heterocycles. The molecule has 14 heteroatoms. The molecule has 6 bridgehead atoms. The monoisotopic (exact) mass is 644 g/mol. The smallest absolute Gasteiger partial charge is 0.254 e. The quantitative estimate of drug-likeness (QED) is 0.429. The number of aliphatic hydroxyl groups is 2. The van der Waals surface area contributed by atoms with Crippen molar-refractivity contribution in [3.63, 3.8) is 0 Å². The number of carbonyl (C=O) groups is 3. The Hall–Kier alpha value is -3.69. The van der Waals surface area contributed by atoms with E-state index < -0.39 is 60.1 Å². The highest BCUT2D eigenvalue weighted by Gasteiger charge is 2.46. The number of fused-ring (bicyclic) bond motifs is 6. The number of carbonyl (C=O) groups excluding carboxylic acids is 3. The van der Waals surface area contributed by atoms with Gasteiger partial charge in [0, 0.05) is 50.9 Å². The first-order valence-electron chi connectivity index (χ1n) is 15.4. The van der Waals surface area contributed by atoms with E-state index in [-0.39, 0.29) is 64.0 Å². The summed E-state index contributed by atoms with van der Waals surface area (Å²) in [5.41, 5.74) is 0.831. The van der Waals surface area contributed by atoms with E-state index in [2.05, 4.69) is 5.32 Å². The van der Waals surface area contributed by atoms with Crippen LogP contribution in [0.15, 0.2) is 42.5 Å². The second kappa shape index (κ2) is 13.6. The van der Waals surface area contributed by atoms with Gasteiger partial charge in [-0.1, -0.05) is 6.07 Å². The minimum absolute atomic E-state index is 0.0638. The summed E-state index contributed by atoms with van der Waals surface area (Å²) in [4.78, 5) is 45.9. The number of aliphatic hydroxyl groups excluding tert-OH is 2. The largest absolute Gasteiger partial charge is 0.497 e. The molecule has 3 N–H and O–H groups in total. The molecule has 7 atom stereocenters. The number of ether oxygens (including phenoxy) is 3. The number of halogens is 2. The molecule has 3 amide bonds. The molecule has 12 nitrogen and oxygen atoms in total. The van der Waals surface area contributed by atoms with Crippen molar-refractivity contribution in [3.05, 3.63) is 65.2 Å². The summed E-state index contributed by atoms with van der Waals surface area (Å²) >= 11 is 0. The van der Waals surface area contributed by atoms with Crippen LogP contribution < -0.4 is 10.1 Å². The number of methoxy groups -OCH3 is 1. The van der Waals surface area contributed by atoms with E-state index in [1.165, 1.54) is 18.1 Å². The van der Waals surface area contributed by atoms with E-state index in [0.717, 1.165) is 12.1 Å². The number of nitrogens with zero attached hydrogens (tertiary/aromatic N) is 3. The predicted molar refractivity (Wildman–Crippen MR) is 158 cm³/mol. The number of rotatable bonds is 4. The highest BCUT2D eigenvalue weighted by Crippen LogP contribution is 2.28. The van der Waals surface area contributed by atoms with Crippen molar-refractivity contribution in [1.29, 1.82) is 0 Å². The van der Waals surface area contributed by atoms with Gasteiger partial charge in [0.15, 0.2) is 11.6 Å². The minimum atomic E-state index is -1.37. The SMILES string of the molecule is COc1ccc(C(=O)N2C[C@@H]3CN(CCO3)C(=O)[C@@H]3C[C@@H](CN3Cc3ccc(F)c(F)c3)NC(=O)C[C@@H]3O[C@H](C2)[C@@H](O)[C@H]3O)cc1. The summed E-state index contributed by atoms with van der Waals surface area (Å²) in [5.74, 6) is -2.40. The van der Waals surface area contributed by atoms with Gasteiger partial charge in [0.05, 0.1) is 38.4 Å². The van der Waals surface area contributed by atoms with Gasteiger partial charge in [0.2, 0.25) is 11.8 Å². The zero-order chi connectivity index (χ0) is 32.5. The van der Waals surface area contributed by atoms with Crippen molar-refractivity contribution in [2.24, 2.45) is 0 Å². The normalized spacial score (nSPS) is 30.8. The summed E-state index contributed by atoms with van der Waals surface area (Å²) in [6, 6.07) is 9.03. The Morgan fingerprint density at radius 2 is 1.76 bits per heavy atom. The van der Waals surface area contributed by atoms with Crippen LogP contribution in [0.1, 0.15) is 28.8 Å². The van der Waals surface area contributed by atoms with Gasteiger partial charge in [-0.25, -0.2) is 8.78 Å². The van der Waals surface area contributed by atoms with Crippen molar-refractivity contribution < 1.29 is 47.6 Å². The molecular formula is C32H38F2N4O8. The van der Waals surface area contributed by atoms with Gasteiger partial charge in [0.1, 0.15) is 24.1 Å². The lowest BCUT2D eigenvalue weighted by Gasteiger charge is -2.38. The third-order valence-corrected chi connectivity index (χ3v) is 9.17. The standard InChI is InChI=1S/C32H38F2N4O8/c1-44-21-5-3-19(4-6-21)31(42)38-16-22-15-36(8-9-45-22)32(43)25-11-20(14-37(25)13-18-2-7-23(33)24(34)10-18)35-28(39)12-26-29(40)30(41)27(17-38)46-26/h2-7,10,20,22,25-27,29-30,40-41H,8-9,11-17H2,1H3,(H,35,39)/t20-,22-,25-,26-,27+,29-,30+/m0/s1. The molecule has 2 aromatic rings. The second-order valence-corrected chi connectivity index (χ2v) is 12.3. The topological polar surface area (TPSA) is 141 Å². The molecule has 248 valence electrons. The highest BCUT2D eigenvalue weighted by atomic mass is 19.2. The number of benzene rings is 2. The zero-order valence-electron chi connectivity index (χ0n) is 25.4. The van der Waals surface area contributed by atoms with Crippen molar-refractivity contribution >= 4 is 17.7 Å². The average Bonchev–Trinajstić information content (AvgIpc) is 3.56. The summed E-state index contributed by atoms with van der Waals surface area (Å²) < 4.78 is 44.8. The van der Waals surface area contributed by atoms with Gasteiger partial charge in [-0.05, 0) is 48.4 Å². The van der Waals surface area contributed by atoms with Crippen LogP contribution >= 0.6 is 0 Å². The van der Waals surface area contributed by atoms with Crippen LogP contribution in [0, 0.1) is 11.6 Å². The third-order valence-electron chi connectivity index (χ3n) is 9.17. The molecule has 2 aromatic carbocycles. The van der Waals surface area contributed by atoms with Crippen LogP contribution in [-0.2, 0) is 25.6 Å². The van der Waals surface area contributed by atoms with E-state index in [9.17, 15) is 33.4 Å². The van der Waals surface area contributed by atoms with Crippen LogP contribution in [0.25, 0.3) is 0 Å². The number of nitrogens with one attached hydrogen (secondary N) is 1. The predicted octanol–water partition coefficient (Wildman–Crippen LogP) is 0.295. The van der Waals surface area contributed by atoms with E-state index in [0.29, 0.717) is 23.4 Å². The lowest BCUT2D eigenvalue weighted by Crippen LogP contribution is -2.55. The lowest BCUT2D eigenvalue weighted by molar-refractivity contribution is -0.144. The summed E-state index contributed by atoms with van der Waals surface area (Å²) in [7, 11) is 1.52. The fourth-order valence-corrected chi connectivity index (χ4v) is 6.79. The molecule has 4 aliphatic rings. The maximum absolute atomic E-state index is 14.0. The Labute approximate surface area is 264 Å². The third kappa shape index (κ3) is 6.86. The highest BCUT2D eigenvalue weighted by molar-refractivity contribution is 5.94. The van der Waals surface area contributed by atoms with Crippen molar-refractivity contribution in [2.45, 2.75) is 62.0 Å². The number of morpholine rings is 1. The molecule has 4 heterocycles. The average molecular weight is 645 g/mol.